The van der Waals surface area contributed by atoms with Gasteiger partial charge in [0, 0.05) is 11.3 Å². The van der Waals surface area contributed by atoms with Gasteiger partial charge in [0.25, 0.3) is 11.1 Å². The summed E-state index contributed by atoms with van der Waals surface area (Å²) in [5, 5.41) is 5.44. The summed E-state index contributed by atoms with van der Waals surface area (Å²) in [7, 11) is 0. The number of fused-ring (bicyclic) bond motifs is 1. The van der Waals surface area contributed by atoms with Crippen molar-refractivity contribution in [2.75, 3.05) is 18.5 Å². The van der Waals surface area contributed by atoms with Gasteiger partial charge in [0.2, 0.25) is 0 Å². The van der Waals surface area contributed by atoms with E-state index in [9.17, 15) is 9.59 Å². The molecule has 160 valence electrons. The lowest BCUT2D eigenvalue weighted by molar-refractivity contribution is -0.115. The zero-order valence-corrected chi connectivity index (χ0v) is 18.5. The molecule has 1 fully saturated rings. The lowest BCUT2D eigenvalue weighted by Crippen LogP contribution is -2.32. The minimum Gasteiger partial charge on any atom is -0.494 e. The highest BCUT2D eigenvalue weighted by atomic mass is 32.2. The topological polar surface area (TPSA) is 76.7 Å². The van der Waals surface area contributed by atoms with E-state index in [0.29, 0.717) is 18.1 Å². The second kappa shape index (κ2) is 8.51. The quantitative estimate of drug-likeness (QED) is 0.616. The molecule has 0 aliphatic carbocycles. The van der Waals surface area contributed by atoms with Crippen molar-refractivity contribution in [3.8, 4) is 11.5 Å². The Hall–Kier alpha value is -3.19. The zero-order valence-electron chi connectivity index (χ0n) is 17.7. The van der Waals surface area contributed by atoms with Crippen LogP contribution >= 0.6 is 11.8 Å². The molecule has 1 saturated heterocycles. The fourth-order valence-corrected chi connectivity index (χ4v) is 4.25. The van der Waals surface area contributed by atoms with Crippen LogP contribution in [0.2, 0.25) is 0 Å². The maximum absolute atomic E-state index is 11.7. The fourth-order valence-electron chi connectivity index (χ4n) is 3.56. The number of imide groups is 1. The van der Waals surface area contributed by atoms with Crippen LogP contribution in [0.1, 0.15) is 31.9 Å². The number of anilines is 1. The minimum atomic E-state index is -0.360. The van der Waals surface area contributed by atoms with Gasteiger partial charge >= 0.3 is 0 Å². The zero-order chi connectivity index (χ0) is 22.0. The van der Waals surface area contributed by atoms with Gasteiger partial charge < -0.3 is 14.8 Å². The van der Waals surface area contributed by atoms with E-state index in [1.807, 2.05) is 49.4 Å². The van der Waals surface area contributed by atoms with Gasteiger partial charge in [-0.2, -0.15) is 0 Å². The van der Waals surface area contributed by atoms with E-state index in [-0.39, 0.29) is 16.7 Å². The van der Waals surface area contributed by atoms with Gasteiger partial charge in [-0.25, -0.2) is 0 Å². The van der Waals surface area contributed by atoms with Crippen molar-refractivity contribution in [3.05, 3.63) is 64.6 Å². The molecule has 31 heavy (non-hydrogen) atoms. The average molecular weight is 437 g/mol. The first-order chi connectivity index (χ1) is 14.8. The SMILES string of the molecule is CCOc1ccc2c(c1)C(COc1ccc(C=C3SC(=O)NC3=O)cc1)=CC(C)(C)N2. The highest BCUT2D eigenvalue weighted by Gasteiger charge is 2.26. The van der Waals surface area contributed by atoms with E-state index >= 15 is 0 Å². The average Bonchev–Trinajstić information content (AvgIpc) is 3.04. The number of carbonyl (C=O) groups is 2. The third-order valence-electron chi connectivity index (χ3n) is 4.85. The summed E-state index contributed by atoms with van der Waals surface area (Å²) in [6.07, 6.45) is 3.87. The van der Waals surface area contributed by atoms with Crippen LogP contribution in [0.15, 0.2) is 53.4 Å². The van der Waals surface area contributed by atoms with Gasteiger partial charge in [0.05, 0.1) is 17.1 Å². The van der Waals surface area contributed by atoms with E-state index in [0.717, 1.165) is 45.6 Å². The van der Waals surface area contributed by atoms with Crippen LogP contribution in [0.4, 0.5) is 10.5 Å². The Bertz CT molecular complexity index is 1090. The second-order valence-corrected chi connectivity index (χ2v) is 8.88. The van der Waals surface area contributed by atoms with E-state index in [4.69, 9.17) is 9.47 Å². The first-order valence-corrected chi connectivity index (χ1v) is 10.9. The molecule has 0 aromatic heterocycles. The maximum Gasteiger partial charge on any atom is 0.290 e. The van der Waals surface area contributed by atoms with Crippen molar-refractivity contribution in [2.45, 2.75) is 26.3 Å². The van der Waals surface area contributed by atoms with Gasteiger partial charge in [0.15, 0.2) is 0 Å². The molecule has 0 saturated carbocycles. The van der Waals surface area contributed by atoms with Crippen molar-refractivity contribution < 1.29 is 19.1 Å². The van der Waals surface area contributed by atoms with Gasteiger partial charge in [-0.3, -0.25) is 14.9 Å². The molecule has 4 rings (SSSR count). The predicted molar refractivity (Wildman–Crippen MR) is 124 cm³/mol. The number of benzene rings is 2. The van der Waals surface area contributed by atoms with Crippen molar-refractivity contribution in [1.82, 2.24) is 5.32 Å². The standard InChI is InChI=1S/C24H24N2O4S/c1-4-29-18-9-10-20-19(12-18)16(13-24(2,3)26-20)14-30-17-7-5-15(6-8-17)11-21-22(27)25-23(28)31-21/h5-13,26H,4,14H2,1-3H3,(H,25,27,28). The molecule has 0 spiro atoms. The molecule has 2 N–H and O–H groups in total. The first-order valence-electron chi connectivity index (χ1n) is 10.1. The number of hydrogen-bond donors (Lipinski definition) is 2. The van der Waals surface area contributed by atoms with E-state index in [1.54, 1.807) is 6.08 Å². The van der Waals surface area contributed by atoms with E-state index in [2.05, 4.69) is 30.6 Å². The lowest BCUT2D eigenvalue weighted by Gasteiger charge is -2.32. The summed E-state index contributed by atoms with van der Waals surface area (Å²) in [6.45, 7) is 7.24. The van der Waals surface area contributed by atoms with Crippen molar-refractivity contribution in [2.24, 2.45) is 0 Å². The van der Waals surface area contributed by atoms with Crippen LogP contribution in [0, 0.1) is 0 Å². The Morgan fingerprint density at radius 3 is 2.45 bits per heavy atom. The number of rotatable bonds is 6. The largest absolute Gasteiger partial charge is 0.494 e. The number of ether oxygens (including phenoxy) is 2. The van der Waals surface area contributed by atoms with Crippen LogP contribution in [-0.2, 0) is 4.79 Å². The van der Waals surface area contributed by atoms with E-state index < -0.39 is 0 Å². The third-order valence-corrected chi connectivity index (χ3v) is 5.66. The number of thioether (sulfide) groups is 1. The van der Waals surface area contributed by atoms with Crippen LogP contribution in [0.3, 0.4) is 0 Å². The Kier molecular flexibility index (Phi) is 5.78. The highest BCUT2D eigenvalue weighted by Crippen LogP contribution is 2.36. The maximum atomic E-state index is 11.7. The molecule has 0 radical (unpaired) electrons. The number of nitrogens with one attached hydrogen (secondary N) is 2. The van der Waals surface area contributed by atoms with Crippen LogP contribution in [0.5, 0.6) is 11.5 Å². The monoisotopic (exact) mass is 436 g/mol. The Morgan fingerprint density at radius 1 is 1.03 bits per heavy atom. The normalized spacial score (nSPS) is 18.2. The molecule has 6 nitrogen and oxygen atoms in total. The van der Waals surface area contributed by atoms with Crippen molar-refractivity contribution in [3.63, 3.8) is 0 Å². The van der Waals surface area contributed by atoms with Gasteiger partial charge in [-0.1, -0.05) is 18.2 Å². The molecule has 0 unspecified atom stereocenters. The molecule has 2 aromatic carbocycles. The Labute approximate surface area is 185 Å². The smallest absolute Gasteiger partial charge is 0.290 e. The molecular weight excluding hydrogens is 412 g/mol. The predicted octanol–water partition coefficient (Wildman–Crippen LogP) is 5.08. The van der Waals surface area contributed by atoms with Crippen LogP contribution < -0.4 is 20.1 Å². The van der Waals surface area contributed by atoms with Gasteiger partial charge in [-0.05, 0) is 80.1 Å². The van der Waals surface area contributed by atoms with Gasteiger partial charge in [-0.15, -0.1) is 0 Å². The first kappa shape index (κ1) is 21.1. The van der Waals surface area contributed by atoms with Crippen LogP contribution in [-0.4, -0.2) is 29.9 Å². The van der Waals surface area contributed by atoms with Crippen LogP contribution in [0.25, 0.3) is 11.6 Å². The summed E-state index contributed by atoms with van der Waals surface area (Å²) in [6, 6.07) is 13.5. The fraction of sp³-hybridized carbons (Fsp3) is 0.250. The molecular formula is C24H24N2O4S. The van der Waals surface area contributed by atoms with Crippen molar-refractivity contribution in [1.29, 1.82) is 0 Å². The summed E-state index contributed by atoms with van der Waals surface area (Å²) in [4.78, 5) is 23.4. The van der Waals surface area contributed by atoms with E-state index in [1.165, 1.54) is 0 Å². The molecule has 2 aliphatic heterocycles. The summed E-state index contributed by atoms with van der Waals surface area (Å²) in [5.74, 6) is 1.20. The third kappa shape index (κ3) is 4.94. The summed E-state index contributed by atoms with van der Waals surface area (Å²) < 4.78 is 11.7. The molecule has 2 heterocycles. The molecule has 0 atom stereocenters. The molecule has 7 heteroatoms. The Morgan fingerprint density at radius 2 is 1.77 bits per heavy atom. The number of hydrogen-bond acceptors (Lipinski definition) is 6. The molecule has 0 bridgehead atoms. The number of carbonyl (C=O) groups excluding carboxylic acids is 2. The second-order valence-electron chi connectivity index (χ2n) is 7.87. The molecule has 2 aliphatic rings. The summed E-state index contributed by atoms with van der Waals surface area (Å²) >= 11 is 0.906. The Balaban J connectivity index is 1.49. The van der Waals surface area contributed by atoms with Crippen molar-refractivity contribution >= 4 is 40.2 Å². The highest BCUT2D eigenvalue weighted by molar-refractivity contribution is 8.18. The minimum absolute atomic E-state index is 0.189. The number of amides is 2. The summed E-state index contributed by atoms with van der Waals surface area (Å²) in [5.41, 5.74) is 3.85. The van der Waals surface area contributed by atoms with Gasteiger partial charge in [0.1, 0.15) is 18.1 Å². The molecule has 2 amide bonds. The lowest BCUT2D eigenvalue weighted by atomic mass is 9.90. The molecule has 2 aromatic rings.